The van der Waals surface area contributed by atoms with Gasteiger partial charge in [0.25, 0.3) is 5.56 Å². The molecule has 0 spiro atoms. The van der Waals surface area contributed by atoms with Crippen molar-refractivity contribution >= 4 is 29.0 Å². The summed E-state index contributed by atoms with van der Waals surface area (Å²) in [5.74, 6) is -1.21. The van der Waals surface area contributed by atoms with Crippen molar-refractivity contribution in [2.75, 3.05) is 18.9 Å². The SMILES string of the molecule is CC(C)[C@H](N)C(=O)N[C@H](C(=O)OCCOCn1cnc2c(=O)[nH]c(N)nc21)C(C)C. The van der Waals surface area contributed by atoms with E-state index in [4.69, 9.17) is 20.9 Å². The van der Waals surface area contributed by atoms with Crippen LogP contribution in [0.5, 0.6) is 0 Å². The van der Waals surface area contributed by atoms with Gasteiger partial charge in [0.15, 0.2) is 11.2 Å². The van der Waals surface area contributed by atoms with Gasteiger partial charge in [-0.15, -0.1) is 0 Å². The highest BCUT2D eigenvalue weighted by Crippen LogP contribution is 2.08. The van der Waals surface area contributed by atoms with Crippen LogP contribution < -0.4 is 22.3 Å². The van der Waals surface area contributed by atoms with Crippen molar-refractivity contribution in [3.05, 3.63) is 16.7 Å². The Hall–Kier alpha value is -2.99. The second kappa shape index (κ2) is 10.2. The Bertz CT molecular complexity index is 937. The summed E-state index contributed by atoms with van der Waals surface area (Å²) >= 11 is 0. The third-order valence-corrected chi connectivity index (χ3v) is 4.43. The number of amides is 1. The molecule has 2 atom stereocenters. The van der Waals surface area contributed by atoms with Gasteiger partial charge in [0.2, 0.25) is 11.9 Å². The zero-order valence-electron chi connectivity index (χ0n) is 17.5. The van der Waals surface area contributed by atoms with Gasteiger partial charge in [0.1, 0.15) is 19.4 Å². The Morgan fingerprint density at radius 2 is 1.93 bits per heavy atom. The molecule has 2 aromatic heterocycles. The number of imidazole rings is 1. The second-order valence-electron chi connectivity index (χ2n) is 7.54. The Labute approximate surface area is 173 Å². The third-order valence-electron chi connectivity index (χ3n) is 4.43. The zero-order valence-corrected chi connectivity index (χ0v) is 17.5. The molecule has 1 amide bonds. The van der Waals surface area contributed by atoms with E-state index in [0.717, 1.165) is 0 Å². The van der Waals surface area contributed by atoms with Gasteiger partial charge in [-0.1, -0.05) is 27.7 Å². The fraction of sp³-hybridized carbons (Fsp3) is 0.611. The number of aromatic amines is 1. The number of rotatable bonds is 10. The number of hydrogen-bond acceptors (Lipinski definition) is 9. The Morgan fingerprint density at radius 1 is 1.23 bits per heavy atom. The summed E-state index contributed by atoms with van der Waals surface area (Å²) in [4.78, 5) is 46.6. The number of nitrogen functional groups attached to an aromatic ring is 1. The molecule has 2 aromatic rings. The lowest BCUT2D eigenvalue weighted by atomic mass is 10.0. The lowest BCUT2D eigenvalue weighted by Crippen LogP contribution is -2.52. The molecule has 30 heavy (non-hydrogen) atoms. The van der Waals surface area contributed by atoms with Crippen LogP contribution in [0, 0.1) is 11.8 Å². The fourth-order valence-electron chi connectivity index (χ4n) is 2.57. The highest BCUT2D eigenvalue weighted by molar-refractivity contribution is 5.87. The number of fused-ring (bicyclic) bond motifs is 1. The summed E-state index contributed by atoms with van der Waals surface area (Å²) in [6, 6.07) is -1.51. The van der Waals surface area contributed by atoms with Crippen LogP contribution in [0.15, 0.2) is 11.1 Å². The minimum absolute atomic E-state index is 0.0169. The van der Waals surface area contributed by atoms with Gasteiger partial charge in [-0.25, -0.2) is 9.78 Å². The minimum atomic E-state index is -0.807. The monoisotopic (exact) mass is 423 g/mol. The molecule has 0 fully saturated rings. The number of nitrogens with zero attached hydrogens (tertiary/aromatic N) is 3. The molecule has 0 bridgehead atoms. The average Bonchev–Trinajstić information content (AvgIpc) is 3.07. The minimum Gasteiger partial charge on any atom is -0.462 e. The molecule has 0 aliphatic carbocycles. The van der Waals surface area contributed by atoms with E-state index in [9.17, 15) is 14.4 Å². The second-order valence-corrected chi connectivity index (χ2v) is 7.54. The number of ether oxygens (including phenoxy) is 2. The molecule has 12 nitrogen and oxygen atoms in total. The van der Waals surface area contributed by atoms with Crippen molar-refractivity contribution < 1.29 is 19.1 Å². The molecular formula is C18H29N7O5. The Morgan fingerprint density at radius 3 is 2.57 bits per heavy atom. The van der Waals surface area contributed by atoms with Crippen molar-refractivity contribution in [3.63, 3.8) is 0 Å². The van der Waals surface area contributed by atoms with Crippen LogP contribution in [0.2, 0.25) is 0 Å². The largest absolute Gasteiger partial charge is 0.462 e. The quantitative estimate of drug-likeness (QED) is 0.285. The van der Waals surface area contributed by atoms with Crippen molar-refractivity contribution in [2.45, 2.75) is 46.5 Å². The third kappa shape index (κ3) is 5.76. The smallest absolute Gasteiger partial charge is 0.328 e. The van der Waals surface area contributed by atoms with E-state index < -0.39 is 29.5 Å². The van der Waals surface area contributed by atoms with Crippen LogP contribution in [-0.4, -0.2) is 56.7 Å². The van der Waals surface area contributed by atoms with Gasteiger partial charge >= 0.3 is 5.97 Å². The highest BCUT2D eigenvalue weighted by atomic mass is 16.6. The topological polar surface area (TPSA) is 180 Å². The summed E-state index contributed by atoms with van der Waals surface area (Å²) in [5.41, 5.74) is 11.4. The standard InChI is InChI=1S/C18H29N7O5/c1-9(2)11(19)15(26)22-12(10(3)4)17(28)30-6-5-29-8-25-7-21-13-14(25)23-18(20)24-16(13)27/h7,9-12H,5-6,8,19H2,1-4H3,(H,22,26)(H3,20,23,24,27)/t11-,12-/m0/s1. The van der Waals surface area contributed by atoms with Gasteiger partial charge in [-0.3, -0.25) is 19.1 Å². The first-order valence-corrected chi connectivity index (χ1v) is 9.62. The van der Waals surface area contributed by atoms with E-state index >= 15 is 0 Å². The van der Waals surface area contributed by atoms with Gasteiger partial charge in [0, 0.05) is 0 Å². The number of hydrogen-bond donors (Lipinski definition) is 4. The molecule has 0 saturated carbocycles. The molecule has 166 valence electrons. The number of esters is 1. The van der Waals surface area contributed by atoms with E-state index in [0.29, 0.717) is 0 Å². The van der Waals surface area contributed by atoms with Crippen molar-refractivity contribution in [1.29, 1.82) is 0 Å². The van der Waals surface area contributed by atoms with Crippen LogP contribution in [0.25, 0.3) is 11.2 Å². The molecule has 0 aromatic carbocycles. The predicted molar refractivity (Wildman–Crippen MR) is 109 cm³/mol. The number of aromatic nitrogens is 4. The summed E-state index contributed by atoms with van der Waals surface area (Å²) < 4.78 is 12.2. The zero-order chi connectivity index (χ0) is 22.4. The number of nitrogens with one attached hydrogen (secondary N) is 2. The molecule has 6 N–H and O–H groups in total. The molecule has 0 saturated heterocycles. The van der Waals surface area contributed by atoms with Crippen LogP contribution in [0.4, 0.5) is 5.95 Å². The lowest BCUT2D eigenvalue weighted by molar-refractivity contribution is -0.151. The Balaban J connectivity index is 1.83. The van der Waals surface area contributed by atoms with E-state index in [-0.39, 0.29) is 48.9 Å². The van der Waals surface area contributed by atoms with Gasteiger partial charge in [-0.2, -0.15) is 4.98 Å². The molecule has 0 unspecified atom stereocenters. The van der Waals surface area contributed by atoms with Crippen molar-refractivity contribution in [2.24, 2.45) is 17.6 Å². The van der Waals surface area contributed by atoms with Crippen LogP contribution >= 0.6 is 0 Å². The average molecular weight is 423 g/mol. The first-order valence-electron chi connectivity index (χ1n) is 9.62. The van der Waals surface area contributed by atoms with Gasteiger partial charge < -0.3 is 26.3 Å². The molecular weight excluding hydrogens is 394 g/mol. The van der Waals surface area contributed by atoms with Crippen LogP contribution in [0.3, 0.4) is 0 Å². The van der Waals surface area contributed by atoms with Crippen molar-refractivity contribution in [3.8, 4) is 0 Å². The molecule has 0 aliphatic rings. The number of carbonyl (C=O) groups is 2. The summed E-state index contributed by atoms with van der Waals surface area (Å²) in [6.45, 7) is 7.37. The predicted octanol–water partition coefficient (Wildman–Crippen LogP) is -0.657. The Kier molecular flexibility index (Phi) is 7.89. The highest BCUT2D eigenvalue weighted by Gasteiger charge is 2.28. The van der Waals surface area contributed by atoms with E-state index in [1.807, 2.05) is 13.8 Å². The van der Waals surface area contributed by atoms with Crippen molar-refractivity contribution in [1.82, 2.24) is 24.8 Å². The van der Waals surface area contributed by atoms with Crippen LogP contribution in [-0.2, 0) is 25.8 Å². The first kappa shape index (κ1) is 23.3. The number of carbonyl (C=O) groups excluding carboxylic acids is 2. The summed E-state index contributed by atoms with van der Waals surface area (Å²) in [7, 11) is 0. The van der Waals surface area contributed by atoms with Gasteiger partial charge in [0.05, 0.1) is 19.0 Å². The molecule has 0 aliphatic heterocycles. The fourth-order valence-corrected chi connectivity index (χ4v) is 2.57. The molecule has 2 rings (SSSR count). The first-order chi connectivity index (χ1) is 14.1. The van der Waals surface area contributed by atoms with Gasteiger partial charge in [-0.05, 0) is 11.8 Å². The number of nitrogens with two attached hydrogens (primary N) is 2. The van der Waals surface area contributed by atoms with Crippen LogP contribution in [0.1, 0.15) is 27.7 Å². The maximum absolute atomic E-state index is 12.3. The van der Waals surface area contributed by atoms with E-state index in [2.05, 4.69) is 20.3 Å². The molecule has 0 radical (unpaired) electrons. The molecule has 2 heterocycles. The van der Waals surface area contributed by atoms with E-state index in [1.54, 1.807) is 13.8 Å². The maximum atomic E-state index is 12.3. The number of H-pyrrole nitrogens is 1. The lowest BCUT2D eigenvalue weighted by Gasteiger charge is -2.23. The summed E-state index contributed by atoms with van der Waals surface area (Å²) in [5, 5.41) is 2.65. The normalized spacial score (nSPS) is 13.6. The maximum Gasteiger partial charge on any atom is 0.328 e. The number of anilines is 1. The van der Waals surface area contributed by atoms with E-state index in [1.165, 1.54) is 10.9 Å². The summed E-state index contributed by atoms with van der Waals surface area (Å²) in [6.07, 6.45) is 1.40. The molecule has 12 heteroatoms.